The van der Waals surface area contributed by atoms with E-state index in [0.717, 1.165) is 31.6 Å². The van der Waals surface area contributed by atoms with Gasteiger partial charge in [0.05, 0.1) is 19.0 Å². The maximum Gasteiger partial charge on any atom is 0.234 e. The van der Waals surface area contributed by atoms with Crippen LogP contribution in [0.2, 0.25) is 0 Å². The van der Waals surface area contributed by atoms with Crippen molar-refractivity contribution < 1.29 is 4.74 Å². The monoisotopic (exact) mass is 264 g/mol. The summed E-state index contributed by atoms with van der Waals surface area (Å²) in [5, 5.41) is 3.35. The second kappa shape index (κ2) is 7.28. The third kappa shape index (κ3) is 4.67. The summed E-state index contributed by atoms with van der Waals surface area (Å²) in [4.78, 5) is 8.53. The highest BCUT2D eigenvalue weighted by molar-refractivity contribution is 5.33. The van der Waals surface area contributed by atoms with Crippen molar-refractivity contribution in [3.05, 3.63) is 12.4 Å². The summed E-state index contributed by atoms with van der Waals surface area (Å²) in [6.07, 6.45) is 9.05. The van der Waals surface area contributed by atoms with Gasteiger partial charge >= 0.3 is 0 Å². The molecular weight excluding hydrogens is 240 g/mol. The third-order valence-electron chi connectivity index (χ3n) is 3.53. The minimum Gasteiger partial charge on any atom is -0.477 e. The first-order valence-corrected chi connectivity index (χ1v) is 7.22. The zero-order valence-corrected chi connectivity index (χ0v) is 11.6. The van der Waals surface area contributed by atoms with Crippen LogP contribution in [-0.2, 0) is 0 Å². The molecule has 0 atom stereocenters. The van der Waals surface area contributed by atoms with Gasteiger partial charge in [-0.25, -0.2) is 0 Å². The van der Waals surface area contributed by atoms with Crippen LogP contribution < -0.4 is 15.8 Å². The van der Waals surface area contributed by atoms with E-state index in [1.807, 2.05) is 0 Å². The molecule has 1 aromatic heterocycles. The van der Waals surface area contributed by atoms with E-state index in [-0.39, 0.29) is 0 Å². The average Bonchev–Trinajstić information content (AvgIpc) is 2.45. The number of hydrogen-bond donors (Lipinski definition) is 2. The number of nitrogens with two attached hydrogens (primary N) is 1. The highest BCUT2D eigenvalue weighted by Crippen LogP contribution is 2.23. The van der Waals surface area contributed by atoms with E-state index < -0.39 is 0 Å². The fourth-order valence-electron chi connectivity index (χ4n) is 2.35. The number of nitrogens with zero attached hydrogens (tertiary/aromatic N) is 2. The van der Waals surface area contributed by atoms with E-state index in [1.165, 1.54) is 12.8 Å². The predicted molar refractivity (Wildman–Crippen MR) is 76.2 cm³/mol. The smallest absolute Gasteiger partial charge is 0.234 e. The minimum atomic E-state index is 0.404. The normalized spacial score (nSPS) is 23.1. The number of aromatic nitrogens is 2. The zero-order chi connectivity index (χ0) is 13.5. The van der Waals surface area contributed by atoms with Gasteiger partial charge in [0.15, 0.2) is 0 Å². The van der Waals surface area contributed by atoms with Crippen LogP contribution in [0, 0.1) is 5.92 Å². The molecule has 0 unspecified atom stereocenters. The van der Waals surface area contributed by atoms with Gasteiger partial charge < -0.3 is 15.8 Å². The SMILES string of the molecule is CCCOc1cncc(NCC2CCC(N)CC2)n1. The Kier molecular flexibility index (Phi) is 5.39. The van der Waals surface area contributed by atoms with Crippen molar-refractivity contribution >= 4 is 5.82 Å². The largest absolute Gasteiger partial charge is 0.477 e. The average molecular weight is 264 g/mol. The van der Waals surface area contributed by atoms with Crippen molar-refractivity contribution in [3.8, 4) is 5.88 Å². The molecule has 5 nitrogen and oxygen atoms in total. The van der Waals surface area contributed by atoms with Crippen LogP contribution in [0.5, 0.6) is 5.88 Å². The second-order valence-corrected chi connectivity index (χ2v) is 5.25. The van der Waals surface area contributed by atoms with Crippen molar-refractivity contribution in [2.24, 2.45) is 11.7 Å². The van der Waals surface area contributed by atoms with Crippen LogP contribution in [0.1, 0.15) is 39.0 Å². The molecule has 0 aliphatic heterocycles. The van der Waals surface area contributed by atoms with E-state index in [0.29, 0.717) is 24.4 Å². The predicted octanol–water partition coefficient (Wildman–Crippen LogP) is 2.19. The van der Waals surface area contributed by atoms with Crippen molar-refractivity contribution in [1.29, 1.82) is 0 Å². The maximum atomic E-state index is 5.91. The molecule has 1 aromatic rings. The summed E-state index contributed by atoms with van der Waals surface area (Å²) < 4.78 is 5.47. The standard InChI is InChI=1S/C14H24N4O/c1-2-7-19-14-10-16-9-13(18-14)17-8-11-3-5-12(15)6-4-11/h9-12H,2-8,15H2,1H3,(H,17,18). The number of nitrogens with one attached hydrogen (secondary N) is 1. The lowest BCUT2D eigenvalue weighted by atomic mass is 9.86. The topological polar surface area (TPSA) is 73.1 Å². The Morgan fingerprint density at radius 2 is 2.11 bits per heavy atom. The Morgan fingerprint density at radius 3 is 2.84 bits per heavy atom. The Balaban J connectivity index is 1.78. The van der Waals surface area contributed by atoms with E-state index in [9.17, 15) is 0 Å². The van der Waals surface area contributed by atoms with Gasteiger partial charge in [-0.2, -0.15) is 4.98 Å². The van der Waals surface area contributed by atoms with Gasteiger partial charge in [-0.15, -0.1) is 0 Å². The molecule has 0 radical (unpaired) electrons. The molecule has 1 fully saturated rings. The van der Waals surface area contributed by atoms with Crippen LogP contribution in [-0.4, -0.2) is 29.2 Å². The van der Waals surface area contributed by atoms with Crippen molar-refractivity contribution in [2.75, 3.05) is 18.5 Å². The van der Waals surface area contributed by atoms with Gasteiger partial charge in [-0.1, -0.05) is 6.92 Å². The molecule has 0 bridgehead atoms. The molecule has 0 saturated heterocycles. The van der Waals surface area contributed by atoms with Crippen LogP contribution in [0.15, 0.2) is 12.4 Å². The molecule has 106 valence electrons. The van der Waals surface area contributed by atoms with Crippen molar-refractivity contribution in [2.45, 2.75) is 45.1 Å². The summed E-state index contributed by atoms with van der Waals surface area (Å²) >= 11 is 0. The zero-order valence-electron chi connectivity index (χ0n) is 11.6. The molecule has 1 heterocycles. The first kappa shape index (κ1) is 14.1. The summed E-state index contributed by atoms with van der Waals surface area (Å²) in [6, 6.07) is 0.404. The summed E-state index contributed by atoms with van der Waals surface area (Å²) in [5.41, 5.74) is 5.91. The van der Waals surface area contributed by atoms with Gasteiger partial charge in [0.2, 0.25) is 5.88 Å². The molecule has 19 heavy (non-hydrogen) atoms. The van der Waals surface area contributed by atoms with Gasteiger partial charge in [-0.05, 0) is 38.0 Å². The number of ether oxygens (including phenoxy) is 1. The van der Waals surface area contributed by atoms with E-state index in [4.69, 9.17) is 10.5 Å². The summed E-state index contributed by atoms with van der Waals surface area (Å²) in [6.45, 7) is 3.70. The van der Waals surface area contributed by atoms with Crippen LogP contribution >= 0.6 is 0 Å². The van der Waals surface area contributed by atoms with Crippen molar-refractivity contribution in [1.82, 2.24) is 9.97 Å². The molecule has 1 aliphatic carbocycles. The Bertz CT molecular complexity index is 377. The third-order valence-corrected chi connectivity index (χ3v) is 3.53. The quantitative estimate of drug-likeness (QED) is 0.824. The molecule has 3 N–H and O–H groups in total. The molecular formula is C14H24N4O. The molecule has 1 aliphatic rings. The Hall–Kier alpha value is -1.36. The first-order valence-electron chi connectivity index (χ1n) is 7.22. The maximum absolute atomic E-state index is 5.91. The second-order valence-electron chi connectivity index (χ2n) is 5.25. The van der Waals surface area contributed by atoms with E-state index in [1.54, 1.807) is 12.4 Å². The molecule has 5 heteroatoms. The van der Waals surface area contributed by atoms with Crippen molar-refractivity contribution in [3.63, 3.8) is 0 Å². The van der Waals surface area contributed by atoms with E-state index >= 15 is 0 Å². The van der Waals surface area contributed by atoms with Gasteiger partial charge in [0.25, 0.3) is 0 Å². The minimum absolute atomic E-state index is 0.404. The lowest BCUT2D eigenvalue weighted by Crippen LogP contribution is -2.29. The molecule has 0 aromatic carbocycles. The highest BCUT2D eigenvalue weighted by atomic mass is 16.5. The lowest BCUT2D eigenvalue weighted by Gasteiger charge is -2.26. The molecule has 2 rings (SSSR count). The number of anilines is 1. The fourth-order valence-corrected chi connectivity index (χ4v) is 2.35. The summed E-state index contributed by atoms with van der Waals surface area (Å²) in [5.74, 6) is 2.09. The molecule has 1 saturated carbocycles. The van der Waals surface area contributed by atoms with Crippen LogP contribution in [0.25, 0.3) is 0 Å². The lowest BCUT2D eigenvalue weighted by molar-refractivity contribution is 0.304. The fraction of sp³-hybridized carbons (Fsp3) is 0.714. The highest BCUT2D eigenvalue weighted by Gasteiger charge is 2.18. The van der Waals surface area contributed by atoms with Gasteiger partial charge in [-0.3, -0.25) is 4.98 Å². The molecule has 0 spiro atoms. The summed E-state index contributed by atoms with van der Waals surface area (Å²) in [7, 11) is 0. The molecule has 0 amide bonds. The Morgan fingerprint density at radius 1 is 1.32 bits per heavy atom. The number of rotatable bonds is 6. The number of hydrogen-bond acceptors (Lipinski definition) is 5. The Labute approximate surface area is 115 Å². The van der Waals surface area contributed by atoms with Crippen LogP contribution in [0.3, 0.4) is 0 Å². The van der Waals surface area contributed by atoms with E-state index in [2.05, 4.69) is 22.2 Å². The first-order chi connectivity index (χ1) is 9.28. The van der Waals surface area contributed by atoms with Crippen LogP contribution in [0.4, 0.5) is 5.82 Å². The van der Waals surface area contributed by atoms with Gasteiger partial charge in [0, 0.05) is 12.6 Å². The van der Waals surface area contributed by atoms with Gasteiger partial charge in [0.1, 0.15) is 5.82 Å².